The van der Waals surface area contributed by atoms with Crippen LogP contribution >= 0.6 is 11.5 Å². The van der Waals surface area contributed by atoms with Gasteiger partial charge in [0.05, 0.1) is 6.04 Å². The Labute approximate surface area is 178 Å². The summed E-state index contributed by atoms with van der Waals surface area (Å²) in [5.74, 6) is 2.49. The summed E-state index contributed by atoms with van der Waals surface area (Å²) in [6.07, 6.45) is 9.29. The molecule has 0 bridgehead atoms. The van der Waals surface area contributed by atoms with Crippen LogP contribution in [-0.4, -0.2) is 50.5 Å². The summed E-state index contributed by atoms with van der Waals surface area (Å²) in [7, 11) is 0. The molecule has 1 atom stereocenters. The van der Waals surface area contributed by atoms with Crippen LogP contribution in [0.5, 0.6) is 11.5 Å². The number of benzene rings is 1. The minimum Gasteiger partial charge on any atom is -0.486 e. The number of aryl methyl sites for hydroxylation is 1. The molecule has 0 saturated carbocycles. The van der Waals surface area contributed by atoms with Gasteiger partial charge in [-0.1, -0.05) is 6.07 Å². The summed E-state index contributed by atoms with van der Waals surface area (Å²) >= 11 is 1.34. The van der Waals surface area contributed by atoms with Crippen molar-refractivity contribution in [1.29, 1.82) is 0 Å². The van der Waals surface area contributed by atoms with Gasteiger partial charge >= 0.3 is 0 Å². The number of anilines is 1. The van der Waals surface area contributed by atoms with Crippen molar-refractivity contribution in [2.24, 2.45) is 0 Å². The molecule has 1 saturated heterocycles. The molecule has 9 heteroatoms. The Morgan fingerprint density at radius 1 is 1.23 bits per heavy atom. The highest BCUT2D eigenvalue weighted by molar-refractivity contribution is 7.09. The van der Waals surface area contributed by atoms with E-state index < -0.39 is 0 Å². The second-order valence-corrected chi connectivity index (χ2v) is 8.23. The maximum absolute atomic E-state index is 12.9. The Morgan fingerprint density at radius 2 is 2.13 bits per heavy atom. The van der Waals surface area contributed by atoms with Crippen molar-refractivity contribution in [3.8, 4) is 17.4 Å². The third-order valence-electron chi connectivity index (χ3n) is 5.51. The Balaban J connectivity index is 1.18. The van der Waals surface area contributed by atoms with Gasteiger partial charge in [0.15, 0.2) is 17.3 Å². The lowest BCUT2D eigenvalue weighted by Crippen LogP contribution is -2.36. The van der Waals surface area contributed by atoms with Gasteiger partial charge in [0.25, 0.3) is 0 Å². The zero-order chi connectivity index (χ0) is 20.3. The first kappa shape index (κ1) is 19.0. The van der Waals surface area contributed by atoms with Gasteiger partial charge in [0.1, 0.15) is 19.5 Å². The van der Waals surface area contributed by atoms with E-state index in [1.807, 2.05) is 18.3 Å². The lowest BCUT2D eigenvalue weighted by molar-refractivity contribution is -0.120. The zero-order valence-electron chi connectivity index (χ0n) is 16.6. The summed E-state index contributed by atoms with van der Waals surface area (Å²) in [5, 5.41) is 0.807. The van der Waals surface area contributed by atoms with E-state index in [-0.39, 0.29) is 11.8 Å². The number of imidazole rings is 1. The number of ether oxygens (including phenoxy) is 2. The molecule has 5 rings (SSSR count). The monoisotopic (exact) mass is 425 g/mol. The van der Waals surface area contributed by atoms with Crippen LogP contribution in [0, 0.1) is 0 Å². The molecule has 1 aromatic carbocycles. The fourth-order valence-electron chi connectivity index (χ4n) is 4.01. The highest BCUT2D eigenvalue weighted by Crippen LogP contribution is 2.32. The van der Waals surface area contributed by atoms with Crippen LogP contribution in [0.1, 0.15) is 31.2 Å². The van der Waals surface area contributed by atoms with E-state index in [2.05, 4.69) is 25.3 Å². The van der Waals surface area contributed by atoms with Crippen molar-refractivity contribution < 1.29 is 14.3 Å². The molecule has 2 aliphatic rings. The van der Waals surface area contributed by atoms with Gasteiger partial charge in [-0.2, -0.15) is 9.36 Å². The zero-order valence-corrected chi connectivity index (χ0v) is 17.4. The van der Waals surface area contributed by atoms with Crippen LogP contribution in [0.2, 0.25) is 0 Å². The van der Waals surface area contributed by atoms with Crippen LogP contribution in [0.15, 0.2) is 36.9 Å². The Hall–Kier alpha value is -2.94. The minimum atomic E-state index is -0.103. The van der Waals surface area contributed by atoms with Crippen LogP contribution in [0.3, 0.4) is 0 Å². The molecule has 2 aromatic heterocycles. The molecule has 0 N–H and O–H groups in total. The molecule has 4 heterocycles. The number of hydrogen-bond donors (Lipinski definition) is 0. The van der Waals surface area contributed by atoms with Crippen LogP contribution in [0.25, 0.3) is 5.95 Å². The molecule has 8 nitrogen and oxygen atoms in total. The Bertz CT molecular complexity index is 1020. The minimum absolute atomic E-state index is 0.103. The first-order valence-electron chi connectivity index (χ1n) is 10.3. The smallest absolute Gasteiger partial charge is 0.248 e. The SMILES string of the molecule is O=C(CCCc1ccc2c(c1)OCCO2)C1CCCN1c1nc(-n2ccnc2)ns1. The van der Waals surface area contributed by atoms with Crippen LogP contribution in [0.4, 0.5) is 5.13 Å². The predicted molar refractivity (Wildman–Crippen MR) is 113 cm³/mol. The maximum atomic E-state index is 12.9. The molecule has 1 unspecified atom stereocenters. The molecule has 3 aromatic rings. The second kappa shape index (κ2) is 8.43. The van der Waals surface area contributed by atoms with Crippen molar-refractivity contribution in [3.63, 3.8) is 0 Å². The number of Topliss-reactive ketones (excluding diaryl/α,β-unsaturated/α-hetero) is 1. The third kappa shape index (κ3) is 3.89. The van der Waals surface area contributed by atoms with Gasteiger partial charge in [0, 0.05) is 36.9 Å². The van der Waals surface area contributed by atoms with Gasteiger partial charge in [0.2, 0.25) is 11.1 Å². The quantitative estimate of drug-likeness (QED) is 0.575. The summed E-state index contributed by atoms with van der Waals surface area (Å²) in [4.78, 5) is 23.7. The van der Waals surface area contributed by atoms with Gasteiger partial charge in [-0.05, 0) is 43.4 Å². The molecule has 2 aliphatic heterocycles. The van der Waals surface area contributed by atoms with Gasteiger partial charge in [-0.3, -0.25) is 9.36 Å². The van der Waals surface area contributed by atoms with E-state index in [0.29, 0.717) is 25.6 Å². The first-order chi connectivity index (χ1) is 14.8. The largest absolute Gasteiger partial charge is 0.486 e. The summed E-state index contributed by atoms with van der Waals surface area (Å²) in [6.45, 7) is 2.02. The number of hydrogen-bond acceptors (Lipinski definition) is 8. The predicted octanol–water partition coefficient (Wildman–Crippen LogP) is 3.06. The normalized spacial score (nSPS) is 18.0. The van der Waals surface area contributed by atoms with Gasteiger partial charge in [-0.25, -0.2) is 4.98 Å². The molecule has 0 amide bonds. The molecule has 1 fully saturated rings. The molecule has 30 heavy (non-hydrogen) atoms. The molecular weight excluding hydrogens is 402 g/mol. The highest BCUT2D eigenvalue weighted by atomic mass is 32.1. The van der Waals surface area contributed by atoms with E-state index in [9.17, 15) is 4.79 Å². The van der Waals surface area contributed by atoms with Crippen molar-refractivity contribution in [2.75, 3.05) is 24.7 Å². The van der Waals surface area contributed by atoms with Gasteiger partial charge in [-0.15, -0.1) is 0 Å². The standard InChI is InChI=1S/C21H23N5O3S/c27-17(5-1-3-15-6-7-18-19(13-15)29-12-11-28-18)16-4-2-9-26(16)21-23-20(24-30-21)25-10-8-22-14-25/h6-8,10,13-14,16H,1-5,9,11-12H2. The number of nitrogens with zero attached hydrogens (tertiary/aromatic N) is 5. The van der Waals surface area contributed by atoms with E-state index in [1.54, 1.807) is 17.1 Å². The Kier molecular flexibility index (Phi) is 5.35. The van der Waals surface area contributed by atoms with Crippen molar-refractivity contribution in [1.82, 2.24) is 18.9 Å². The average Bonchev–Trinajstić information content (AvgIpc) is 3.54. The third-order valence-corrected chi connectivity index (χ3v) is 6.25. The van der Waals surface area contributed by atoms with Crippen molar-refractivity contribution in [3.05, 3.63) is 42.5 Å². The lowest BCUT2D eigenvalue weighted by atomic mass is 10.0. The van der Waals surface area contributed by atoms with Crippen LogP contribution in [-0.2, 0) is 11.2 Å². The number of ketones is 1. The summed E-state index contributed by atoms with van der Waals surface area (Å²) in [6, 6.07) is 5.93. The Morgan fingerprint density at radius 3 is 3.00 bits per heavy atom. The van der Waals surface area contributed by atoms with E-state index >= 15 is 0 Å². The highest BCUT2D eigenvalue weighted by Gasteiger charge is 2.32. The fourth-order valence-corrected chi connectivity index (χ4v) is 4.76. The molecular formula is C21H23N5O3S. The lowest BCUT2D eigenvalue weighted by Gasteiger charge is -2.22. The van der Waals surface area contributed by atoms with Crippen molar-refractivity contribution >= 4 is 22.4 Å². The number of carbonyl (C=O) groups is 1. The number of aromatic nitrogens is 4. The summed E-state index contributed by atoms with van der Waals surface area (Å²) in [5.41, 5.74) is 1.17. The average molecular weight is 426 g/mol. The molecule has 0 spiro atoms. The molecule has 0 radical (unpaired) electrons. The second-order valence-electron chi connectivity index (χ2n) is 7.50. The van der Waals surface area contributed by atoms with E-state index in [1.165, 1.54) is 17.1 Å². The van der Waals surface area contributed by atoms with E-state index in [4.69, 9.17) is 9.47 Å². The number of rotatable bonds is 7. The maximum Gasteiger partial charge on any atom is 0.248 e. The first-order valence-corrected chi connectivity index (χ1v) is 11.1. The summed E-state index contributed by atoms with van der Waals surface area (Å²) < 4.78 is 17.4. The number of carbonyl (C=O) groups excluding carboxylic acids is 1. The molecule has 156 valence electrons. The van der Waals surface area contributed by atoms with E-state index in [0.717, 1.165) is 48.9 Å². The van der Waals surface area contributed by atoms with Gasteiger partial charge < -0.3 is 14.4 Å². The van der Waals surface area contributed by atoms with Crippen LogP contribution < -0.4 is 14.4 Å². The topological polar surface area (TPSA) is 82.4 Å². The van der Waals surface area contributed by atoms with Crippen molar-refractivity contribution in [2.45, 2.75) is 38.1 Å². The fraction of sp³-hybridized carbons (Fsp3) is 0.429. The number of fused-ring (bicyclic) bond motifs is 1. The molecule has 0 aliphatic carbocycles.